The van der Waals surface area contributed by atoms with E-state index in [1.54, 1.807) is 0 Å². The van der Waals surface area contributed by atoms with Crippen molar-refractivity contribution in [2.75, 3.05) is 5.73 Å². The molecule has 0 fully saturated rings. The Hall–Kier alpha value is -1.91. The molecular formula is C15H12ClN. The van der Waals surface area contributed by atoms with Crippen LogP contribution in [0.2, 0.25) is 5.02 Å². The molecule has 2 N–H and O–H groups in total. The van der Waals surface area contributed by atoms with Gasteiger partial charge >= 0.3 is 0 Å². The molecule has 0 atom stereocenters. The third-order valence-corrected chi connectivity index (χ3v) is 2.65. The number of rotatable bonds is 0. The average molecular weight is 242 g/mol. The highest BCUT2D eigenvalue weighted by molar-refractivity contribution is 6.30. The summed E-state index contributed by atoms with van der Waals surface area (Å²) in [5.41, 5.74) is 9.40. The zero-order valence-corrected chi connectivity index (χ0v) is 10.3. The van der Waals surface area contributed by atoms with Crippen LogP contribution >= 0.6 is 11.6 Å². The molecule has 0 aromatic heterocycles. The molecule has 0 radical (unpaired) electrons. The fourth-order valence-corrected chi connectivity index (χ4v) is 1.75. The lowest BCUT2D eigenvalue weighted by molar-refractivity contribution is 1.44. The molecule has 2 rings (SSSR count). The highest BCUT2D eigenvalue weighted by atomic mass is 35.5. The molecule has 84 valence electrons. The Morgan fingerprint density at radius 2 is 1.88 bits per heavy atom. The van der Waals surface area contributed by atoms with E-state index in [2.05, 4.69) is 11.8 Å². The number of hydrogen-bond acceptors (Lipinski definition) is 1. The van der Waals surface area contributed by atoms with Crippen LogP contribution in [0.25, 0.3) is 0 Å². The Kier molecular flexibility index (Phi) is 3.37. The molecule has 2 aromatic carbocycles. The van der Waals surface area contributed by atoms with Gasteiger partial charge in [-0.25, -0.2) is 0 Å². The lowest BCUT2D eigenvalue weighted by Gasteiger charge is -1.98. The maximum absolute atomic E-state index is 5.89. The summed E-state index contributed by atoms with van der Waals surface area (Å²) < 4.78 is 0. The zero-order valence-electron chi connectivity index (χ0n) is 9.50. The van der Waals surface area contributed by atoms with Gasteiger partial charge in [-0.1, -0.05) is 29.5 Å². The van der Waals surface area contributed by atoms with Crippen molar-refractivity contribution in [3.8, 4) is 11.8 Å². The molecule has 0 unspecified atom stereocenters. The van der Waals surface area contributed by atoms with E-state index in [4.69, 9.17) is 17.3 Å². The number of anilines is 1. The van der Waals surface area contributed by atoms with Crippen LogP contribution in [0, 0.1) is 18.8 Å². The van der Waals surface area contributed by atoms with Gasteiger partial charge < -0.3 is 5.73 Å². The van der Waals surface area contributed by atoms with Crippen molar-refractivity contribution in [3.05, 3.63) is 64.2 Å². The summed E-state index contributed by atoms with van der Waals surface area (Å²) in [7, 11) is 0. The molecule has 0 bridgehead atoms. The average Bonchev–Trinajstić information content (AvgIpc) is 2.28. The second kappa shape index (κ2) is 4.95. The minimum absolute atomic E-state index is 0.727. The van der Waals surface area contributed by atoms with E-state index < -0.39 is 0 Å². The Morgan fingerprint density at radius 1 is 1.06 bits per heavy atom. The van der Waals surface area contributed by atoms with Crippen LogP contribution in [0.15, 0.2) is 42.5 Å². The number of nitrogens with two attached hydrogens (primary N) is 1. The minimum atomic E-state index is 0.727. The normalized spacial score (nSPS) is 9.53. The zero-order chi connectivity index (χ0) is 12.3. The Morgan fingerprint density at radius 3 is 2.59 bits per heavy atom. The van der Waals surface area contributed by atoms with Gasteiger partial charge in [-0.05, 0) is 48.9 Å². The molecule has 1 nitrogen and oxygen atoms in total. The van der Waals surface area contributed by atoms with Crippen LogP contribution in [-0.2, 0) is 0 Å². The van der Waals surface area contributed by atoms with Gasteiger partial charge in [-0.3, -0.25) is 0 Å². The van der Waals surface area contributed by atoms with Crippen molar-refractivity contribution >= 4 is 17.3 Å². The van der Waals surface area contributed by atoms with Gasteiger partial charge in [-0.15, -0.1) is 0 Å². The summed E-state index contributed by atoms with van der Waals surface area (Å²) in [4.78, 5) is 0. The van der Waals surface area contributed by atoms with Gasteiger partial charge in [0.15, 0.2) is 0 Å². The lowest BCUT2D eigenvalue weighted by atomic mass is 10.1. The third-order valence-electron chi connectivity index (χ3n) is 2.42. The summed E-state index contributed by atoms with van der Waals surface area (Å²) >= 11 is 5.89. The van der Waals surface area contributed by atoms with E-state index in [1.165, 1.54) is 0 Å². The fourth-order valence-electron chi connectivity index (χ4n) is 1.52. The quantitative estimate of drug-likeness (QED) is 0.553. The second-order valence-corrected chi connectivity index (χ2v) is 4.27. The summed E-state index contributed by atoms with van der Waals surface area (Å²) in [5.74, 6) is 6.21. The van der Waals surface area contributed by atoms with Gasteiger partial charge in [0.1, 0.15) is 0 Å². The van der Waals surface area contributed by atoms with Gasteiger partial charge in [0, 0.05) is 21.8 Å². The third kappa shape index (κ3) is 3.03. The summed E-state index contributed by atoms with van der Waals surface area (Å²) in [5, 5.41) is 0.733. The summed E-state index contributed by atoms with van der Waals surface area (Å²) in [6, 6.07) is 13.2. The van der Waals surface area contributed by atoms with E-state index in [-0.39, 0.29) is 0 Å². The number of aryl methyl sites for hydroxylation is 1. The Bertz CT molecular complexity index is 606. The highest BCUT2D eigenvalue weighted by Gasteiger charge is 1.95. The van der Waals surface area contributed by atoms with Crippen LogP contribution in [0.1, 0.15) is 16.7 Å². The molecule has 0 aliphatic heterocycles. The van der Waals surface area contributed by atoms with Crippen molar-refractivity contribution in [1.82, 2.24) is 0 Å². The van der Waals surface area contributed by atoms with E-state index in [0.29, 0.717) is 0 Å². The monoisotopic (exact) mass is 241 g/mol. The second-order valence-electron chi connectivity index (χ2n) is 3.83. The van der Waals surface area contributed by atoms with Crippen molar-refractivity contribution in [3.63, 3.8) is 0 Å². The van der Waals surface area contributed by atoms with Crippen LogP contribution in [0.3, 0.4) is 0 Å². The largest absolute Gasteiger partial charge is 0.399 e. The van der Waals surface area contributed by atoms with Crippen LogP contribution in [0.4, 0.5) is 5.69 Å². The van der Waals surface area contributed by atoms with Crippen LogP contribution in [0.5, 0.6) is 0 Å². The maximum atomic E-state index is 5.89. The number of nitrogen functional groups attached to an aromatic ring is 1. The van der Waals surface area contributed by atoms with Crippen molar-refractivity contribution in [2.24, 2.45) is 0 Å². The predicted molar refractivity (Wildman–Crippen MR) is 73.0 cm³/mol. The summed E-state index contributed by atoms with van der Waals surface area (Å²) in [6.45, 7) is 2.00. The molecule has 0 saturated heterocycles. The van der Waals surface area contributed by atoms with E-state index in [9.17, 15) is 0 Å². The fraction of sp³-hybridized carbons (Fsp3) is 0.0667. The van der Waals surface area contributed by atoms with Crippen molar-refractivity contribution < 1.29 is 0 Å². The first-order valence-electron chi connectivity index (χ1n) is 5.29. The van der Waals surface area contributed by atoms with E-state index in [1.807, 2.05) is 49.4 Å². The standard InChI is InChI=1S/C15H12ClN/c1-11-9-14(16)8-7-13(11)6-5-12-3-2-4-15(17)10-12/h2-4,7-10H,17H2,1H3. The Balaban J connectivity index is 2.33. The van der Waals surface area contributed by atoms with Crippen molar-refractivity contribution in [2.45, 2.75) is 6.92 Å². The number of hydrogen-bond donors (Lipinski definition) is 1. The predicted octanol–water partition coefficient (Wildman–Crippen LogP) is 3.63. The van der Waals surface area contributed by atoms with Gasteiger partial charge in [0.25, 0.3) is 0 Å². The molecule has 17 heavy (non-hydrogen) atoms. The minimum Gasteiger partial charge on any atom is -0.399 e. The SMILES string of the molecule is Cc1cc(Cl)ccc1C#Cc1cccc(N)c1. The van der Waals surface area contributed by atoms with Gasteiger partial charge in [0.05, 0.1) is 0 Å². The van der Waals surface area contributed by atoms with E-state index >= 15 is 0 Å². The first-order chi connectivity index (χ1) is 8.15. The first-order valence-corrected chi connectivity index (χ1v) is 5.67. The highest BCUT2D eigenvalue weighted by Crippen LogP contribution is 2.14. The molecule has 0 heterocycles. The first kappa shape index (κ1) is 11.6. The molecule has 0 spiro atoms. The van der Waals surface area contributed by atoms with Gasteiger partial charge in [0.2, 0.25) is 0 Å². The Labute approximate surface area is 106 Å². The number of halogens is 1. The smallest absolute Gasteiger partial charge is 0.0409 e. The topological polar surface area (TPSA) is 26.0 Å². The molecule has 0 amide bonds. The number of benzene rings is 2. The molecule has 0 aliphatic rings. The molecular weight excluding hydrogens is 230 g/mol. The molecule has 0 saturated carbocycles. The maximum Gasteiger partial charge on any atom is 0.0409 e. The summed E-state index contributed by atoms with van der Waals surface area (Å²) in [6.07, 6.45) is 0. The van der Waals surface area contributed by atoms with Crippen LogP contribution in [-0.4, -0.2) is 0 Å². The lowest BCUT2D eigenvalue weighted by Crippen LogP contribution is -1.85. The van der Waals surface area contributed by atoms with E-state index in [0.717, 1.165) is 27.4 Å². The van der Waals surface area contributed by atoms with Crippen molar-refractivity contribution in [1.29, 1.82) is 0 Å². The molecule has 2 heteroatoms. The van der Waals surface area contributed by atoms with Crippen LogP contribution < -0.4 is 5.73 Å². The molecule has 2 aromatic rings. The molecule has 0 aliphatic carbocycles. The van der Waals surface area contributed by atoms with Gasteiger partial charge in [-0.2, -0.15) is 0 Å².